The number of rotatable bonds is 48. The number of hydrogen-bond acceptors (Lipinski definition) is 7. The van der Waals surface area contributed by atoms with Crippen molar-refractivity contribution in [3.8, 4) is 0 Å². The molecule has 0 aromatic heterocycles. The van der Waals surface area contributed by atoms with Crippen LogP contribution in [0.1, 0.15) is 232 Å². The van der Waals surface area contributed by atoms with Crippen molar-refractivity contribution in [3.05, 3.63) is 60.8 Å². The lowest BCUT2D eigenvalue weighted by Gasteiger charge is -2.34. The first-order chi connectivity index (χ1) is 31.6. The number of carboxylic acid groups (broad SMARTS) is 1. The van der Waals surface area contributed by atoms with Crippen molar-refractivity contribution in [2.24, 2.45) is 0 Å². The van der Waals surface area contributed by atoms with Crippen LogP contribution in [0.5, 0.6) is 0 Å². The fraction of sp³-hybridized carbons (Fsp3) is 0.772. The molecule has 0 aliphatic carbocycles. The molecule has 0 N–H and O–H groups in total. The van der Waals surface area contributed by atoms with E-state index >= 15 is 0 Å². The number of ether oxygens (including phenoxy) is 3. The maximum Gasteiger partial charge on any atom is 0.306 e. The predicted molar refractivity (Wildman–Crippen MR) is 273 cm³/mol. The molecule has 0 saturated carbocycles. The standard InChI is InChI=1S/C57H101NO7/c1-6-8-10-12-14-16-18-20-22-24-26-27-28-30-31-33-35-37-39-41-43-45-47-55(59)64-52-53(51-63-50-49-54(57(61)62)58(3,4)5)65-56(60)48-46-44-42-40-38-36-34-32-29-25-23-21-19-17-15-13-11-9-7-2/h9,11,15,17,21,23,29,32,36,38,53-54H,6-8,10,12-14,16,18-20,22,24-28,30-31,33-35,37,39-52H2,1-5H3/b11-9-,17-15-,23-21-,32-29-,38-36-. The molecule has 0 aromatic rings. The zero-order valence-corrected chi connectivity index (χ0v) is 42.9. The van der Waals surface area contributed by atoms with E-state index in [1.165, 1.54) is 122 Å². The lowest BCUT2D eigenvalue weighted by molar-refractivity contribution is -0.889. The summed E-state index contributed by atoms with van der Waals surface area (Å²) in [4.78, 5) is 37.1. The van der Waals surface area contributed by atoms with Gasteiger partial charge in [-0.15, -0.1) is 0 Å². The Morgan fingerprint density at radius 2 is 0.862 bits per heavy atom. The van der Waals surface area contributed by atoms with Gasteiger partial charge in [0, 0.05) is 19.3 Å². The number of allylic oxidation sites excluding steroid dienone is 10. The Hall–Kier alpha value is -2.97. The summed E-state index contributed by atoms with van der Waals surface area (Å²) in [5.41, 5.74) is 0. The summed E-state index contributed by atoms with van der Waals surface area (Å²) in [7, 11) is 5.41. The first kappa shape index (κ1) is 62.0. The van der Waals surface area contributed by atoms with Crippen LogP contribution in [0.2, 0.25) is 0 Å². The van der Waals surface area contributed by atoms with Crippen LogP contribution < -0.4 is 5.11 Å². The fourth-order valence-corrected chi connectivity index (χ4v) is 7.81. The molecule has 0 rings (SSSR count). The minimum atomic E-state index is -1.13. The summed E-state index contributed by atoms with van der Waals surface area (Å²) >= 11 is 0. The zero-order chi connectivity index (χ0) is 47.7. The van der Waals surface area contributed by atoms with Crippen LogP contribution in [0.4, 0.5) is 0 Å². The summed E-state index contributed by atoms with van der Waals surface area (Å²) in [6.45, 7) is 4.54. The van der Waals surface area contributed by atoms with Crippen molar-refractivity contribution in [1.82, 2.24) is 0 Å². The second kappa shape index (κ2) is 47.5. The fourth-order valence-electron chi connectivity index (χ4n) is 7.81. The topological polar surface area (TPSA) is 102 Å². The molecule has 65 heavy (non-hydrogen) atoms. The summed E-state index contributed by atoms with van der Waals surface area (Å²) in [5, 5.41) is 11.7. The summed E-state index contributed by atoms with van der Waals surface area (Å²) < 4.78 is 17.2. The first-order valence-electron chi connectivity index (χ1n) is 26.8. The lowest BCUT2D eigenvalue weighted by Crippen LogP contribution is -2.55. The number of carboxylic acids is 1. The van der Waals surface area contributed by atoms with Crippen molar-refractivity contribution in [2.75, 3.05) is 41.0 Å². The number of aliphatic carboxylic acids is 1. The van der Waals surface area contributed by atoms with Gasteiger partial charge in [-0.3, -0.25) is 9.59 Å². The van der Waals surface area contributed by atoms with Gasteiger partial charge in [0.05, 0.1) is 40.3 Å². The number of nitrogens with zero attached hydrogens (tertiary/aromatic N) is 1. The largest absolute Gasteiger partial charge is 0.544 e. The van der Waals surface area contributed by atoms with Gasteiger partial charge in [0.1, 0.15) is 12.6 Å². The molecule has 8 nitrogen and oxygen atoms in total. The van der Waals surface area contributed by atoms with Gasteiger partial charge in [-0.1, -0.05) is 216 Å². The molecule has 0 aromatic carbocycles. The number of quaternary nitrogens is 1. The minimum absolute atomic E-state index is 0.0272. The second-order valence-corrected chi connectivity index (χ2v) is 19.1. The molecule has 8 heteroatoms. The highest BCUT2D eigenvalue weighted by atomic mass is 16.6. The van der Waals surface area contributed by atoms with Crippen LogP contribution in [0.3, 0.4) is 0 Å². The highest BCUT2D eigenvalue weighted by Gasteiger charge is 2.25. The van der Waals surface area contributed by atoms with Crippen LogP contribution in [-0.2, 0) is 28.6 Å². The van der Waals surface area contributed by atoms with E-state index in [0.29, 0.717) is 12.8 Å². The molecule has 0 saturated heterocycles. The Morgan fingerprint density at radius 3 is 1.28 bits per heavy atom. The van der Waals surface area contributed by atoms with Gasteiger partial charge in [-0.25, -0.2) is 0 Å². The molecular formula is C57H101NO7. The van der Waals surface area contributed by atoms with Crippen molar-refractivity contribution in [1.29, 1.82) is 0 Å². The molecule has 2 unspecified atom stereocenters. The SMILES string of the molecule is CC/C=C\C/C=C\C/C=C\C/C=C\C/C=C\CCCCCC(=O)OC(COCCC(C(=O)[O-])[N+](C)(C)C)COC(=O)CCCCCCCCCCCCCCCCCCCCCCCC. The Morgan fingerprint density at radius 1 is 0.477 bits per heavy atom. The molecular weight excluding hydrogens is 811 g/mol. The number of carbonyl (C=O) groups excluding carboxylic acids is 3. The van der Waals surface area contributed by atoms with Crippen LogP contribution in [0, 0.1) is 0 Å². The van der Waals surface area contributed by atoms with E-state index in [1.807, 2.05) is 0 Å². The van der Waals surface area contributed by atoms with E-state index in [0.717, 1.165) is 70.6 Å². The average molecular weight is 912 g/mol. The van der Waals surface area contributed by atoms with Gasteiger partial charge >= 0.3 is 11.9 Å². The number of esters is 2. The van der Waals surface area contributed by atoms with Crippen LogP contribution in [-0.4, -0.2) is 75.5 Å². The monoisotopic (exact) mass is 912 g/mol. The third-order valence-corrected chi connectivity index (χ3v) is 11.9. The predicted octanol–water partition coefficient (Wildman–Crippen LogP) is 14.4. The molecule has 0 amide bonds. The zero-order valence-electron chi connectivity index (χ0n) is 42.9. The molecule has 0 fully saturated rings. The lowest BCUT2D eigenvalue weighted by atomic mass is 10.0. The minimum Gasteiger partial charge on any atom is -0.544 e. The van der Waals surface area contributed by atoms with E-state index in [2.05, 4.69) is 74.6 Å². The van der Waals surface area contributed by atoms with E-state index in [1.54, 1.807) is 21.1 Å². The average Bonchev–Trinajstić information content (AvgIpc) is 3.27. The molecule has 0 aliphatic heterocycles. The highest BCUT2D eigenvalue weighted by molar-refractivity contribution is 5.70. The Bertz CT molecular complexity index is 1250. The Kier molecular flexibility index (Phi) is 45.3. The number of carbonyl (C=O) groups is 3. The molecule has 0 spiro atoms. The first-order valence-corrected chi connectivity index (χ1v) is 26.8. The maximum absolute atomic E-state index is 12.8. The Labute approximate surface area is 400 Å². The van der Waals surface area contributed by atoms with Crippen molar-refractivity contribution in [2.45, 2.75) is 244 Å². The maximum atomic E-state index is 12.8. The molecule has 0 radical (unpaired) electrons. The van der Waals surface area contributed by atoms with Crippen LogP contribution >= 0.6 is 0 Å². The second-order valence-electron chi connectivity index (χ2n) is 19.1. The number of unbranched alkanes of at least 4 members (excludes halogenated alkanes) is 24. The highest BCUT2D eigenvalue weighted by Crippen LogP contribution is 2.16. The van der Waals surface area contributed by atoms with E-state index in [4.69, 9.17) is 14.2 Å². The van der Waals surface area contributed by atoms with Gasteiger partial charge in [-0.2, -0.15) is 0 Å². The van der Waals surface area contributed by atoms with Gasteiger partial charge < -0.3 is 28.6 Å². The van der Waals surface area contributed by atoms with E-state index in [9.17, 15) is 19.5 Å². The van der Waals surface area contributed by atoms with Crippen LogP contribution in [0.15, 0.2) is 60.8 Å². The van der Waals surface area contributed by atoms with Gasteiger partial charge in [-0.05, 0) is 57.8 Å². The molecule has 0 aliphatic rings. The molecule has 0 heterocycles. The molecule has 376 valence electrons. The summed E-state index contributed by atoms with van der Waals surface area (Å²) in [6, 6.07) is -0.734. The number of likely N-dealkylation sites (N-methyl/N-ethyl adjacent to an activating group) is 1. The Balaban J connectivity index is 4.24. The van der Waals surface area contributed by atoms with Gasteiger partial charge in [0.15, 0.2) is 6.10 Å². The molecule has 2 atom stereocenters. The third kappa shape index (κ3) is 46.0. The van der Waals surface area contributed by atoms with Crippen molar-refractivity contribution < 1.29 is 38.2 Å². The quantitative estimate of drug-likeness (QED) is 0.0259. The van der Waals surface area contributed by atoms with E-state index < -0.39 is 18.1 Å². The smallest absolute Gasteiger partial charge is 0.306 e. The van der Waals surface area contributed by atoms with E-state index in [-0.39, 0.29) is 49.1 Å². The number of hydrogen-bond donors (Lipinski definition) is 0. The third-order valence-electron chi connectivity index (χ3n) is 11.9. The van der Waals surface area contributed by atoms with Gasteiger partial charge in [0.25, 0.3) is 0 Å². The van der Waals surface area contributed by atoms with Gasteiger partial charge in [0.2, 0.25) is 0 Å². The summed E-state index contributed by atoms with van der Waals surface area (Å²) in [5.74, 6) is -1.77. The van der Waals surface area contributed by atoms with Crippen molar-refractivity contribution >= 4 is 17.9 Å². The van der Waals surface area contributed by atoms with Crippen molar-refractivity contribution in [3.63, 3.8) is 0 Å². The molecule has 0 bridgehead atoms. The summed E-state index contributed by atoms with van der Waals surface area (Å²) in [6.07, 6.45) is 59.8. The van der Waals surface area contributed by atoms with Crippen LogP contribution in [0.25, 0.3) is 0 Å². The normalized spacial score (nSPS) is 13.3.